The number of alkyl halides is 3. The van der Waals surface area contributed by atoms with Gasteiger partial charge in [-0.2, -0.15) is 13.2 Å². The first-order valence-corrected chi connectivity index (χ1v) is 8.79. The van der Waals surface area contributed by atoms with E-state index in [1.165, 1.54) is 18.3 Å². The minimum atomic E-state index is -4.49. The van der Waals surface area contributed by atoms with Gasteiger partial charge in [0, 0.05) is 33.1 Å². The van der Waals surface area contributed by atoms with Crippen molar-refractivity contribution in [1.82, 2.24) is 15.0 Å². The predicted molar refractivity (Wildman–Crippen MR) is 108 cm³/mol. The highest BCUT2D eigenvalue weighted by Gasteiger charge is 2.30. The van der Waals surface area contributed by atoms with Crippen molar-refractivity contribution < 1.29 is 18.0 Å². The topological polar surface area (TPSA) is 67.8 Å². The van der Waals surface area contributed by atoms with E-state index in [0.29, 0.717) is 28.2 Å². The van der Waals surface area contributed by atoms with Gasteiger partial charge in [-0.25, -0.2) is 15.0 Å². The Morgan fingerprint density at radius 1 is 1.14 bits per heavy atom. The Kier molecular flexibility index (Phi) is 8.30. The molecule has 5 nitrogen and oxygen atoms in total. The molecule has 0 fully saturated rings. The molecule has 0 aliphatic carbocycles. The van der Waals surface area contributed by atoms with Crippen molar-refractivity contribution in [3.05, 3.63) is 58.9 Å². The van der Waals surface area contributed by atoms with Crippen molar-refractivity contribution in [1.29, 1.82) is 0 Å². The van der Waals surface area contributed by atoms with Gasteiger partial charge >= 0.3 is 6.18 Å². The van der Waals surface area contributed by atoms with Gasteiger partial charge in [-0.15, -0.1) is 0 Å². The van der Waals surface area contributed by atoms with Crippen LogP contribution in [0, 0.1) is 6.92 Å². The zero-order valence-corrected chi connectivity index (χ0v) is 16.6. The number of aryl methyl sites for hydroxylation is 1. The van der Waals surface area contributed by atoms with Gasteiger partial charge in [-0.1, -0.05) is 26.0 Å². The Morgan fingerprint density at radius 2 is 1.83 bits per heavy atom. The average Bonchev–Trinajstić information content (AvgIpc) is 2.69. The lowest BCUT2D eigenvalue weighted by molar-refractivity contribution is -0.137. The van der Waals surface area contributed by atoms with E-state index in [1.807, 2.05) is 13.8 Å². The molecule has 1 aromatic carbocycles. The Hall–Kier alpha value is -2.97. The summed E-state index contributed by atoms with van der Waals surface area (Å²) in [6, 6.07) is 6.10. The second kappa shape index (κ2) is 10.00. The Balaban J connectivity index is 0.00000136. The van der Waals surface area contributed by atoms with Crippen LogP contribution in [0.25, 0.3) is 11.2 Å². The molecule has 0 spiro atoms. The Morgan fingerprint density at radius 3 is 2.45 bits per heavy atom. The summed E-state index contributed by atoms with van der Waals surface area (Å²) in [6.07, 6.45) is -3.01. The summed E-state index contributed by atoms with van der Waals surface area (Å²) < 4.78 is 38.5. The van der Waals surface area contributed by atoms with Gasteiger partial charge in [0.1, 0.15) is 11.3 Å². The molecule has 0 saturated heterocycles. The highest BCUT2D eigenvalue weighted by atomic mass is 19.4. The lowest BCUT2D eigenvalue weighted by Gasteiger charge is -2.10. The molecular weight excluding hydrogens is 380 g/mol. The maximum absolute atomic E-state index is 12.8. The molecule has 0 bridgehead atoms. The highest BCUT2D eigenvalue weighted by molar-refractivity contribution is 5.98. The second-order valence-electron chi connectivity index (χ2n) is 5.76. The summed E-state index contributed by atoms with van der Waals surface area (Å²) >= 11 is 0. The van der Waals surface area contributed by atoms with Crippen LogP contribution in [0.3, 0.4) is 0 Å². The summed E-state index contributed by atoms with van der Waals surface area (Å²) in [5, 5.41) is 2.86. The number of nitrogens with one attached hydrogen (secondary N) is 1. The van der Waals surface area contributed by atoms with Gasteiger partial charge in [0.15, 0.2) is 11.4 Å². The van der Waals surface area contributed by atoms with Crippen LogP contribution in [-0.2, 0) is 12.6 Å². The Labute approximate surface area is 169 Å². The summed E-state index contributed by atoms with van der Waals surface area (Å²) in [6.45, 7) is 5.72. The molecule has 151 valence electrons. The predicted octanol–water partition coefficient (Wildman–Crippen LogP) is 4.46. The molecular formula is C20H21BF3N4O. The molecule has 3 rings (SSSR count). The lowest BCUT2D eigenvalue weighted by Crippen LogP contribution is -2.10. The van der Waals surface area contributed by atoms with Crippen LogP contribution < -0.4 is 5.32 Å². The van der Waals surface area contributed by atoms with Crippen molar-refractivity contribution in [2.45, 2.75) is 33.4 Å². The van der Waals surface area contributed by atoms with Crippen molar-refractivity contribution in [3.8, 4) is 0 Å². The fourth-order valence-electron chi connectivity index (χ4n) is 2.52. The molecule has 0 atom stereocenters. The molecule has 3 aromatic rings. The number of fused-ring (bicyclic) bond motifs is 1. The molecule has 0 aliphatic heterocycles. The van der Waals surface area contributed by atoms with Crippen LogP contribution in [0.1, 0.15) is 41.0 Å². The average molecular weight is 401 g/mol. The minimum absolute atomic E-state index is 0. The number of Topliss-reactive ketones (excluding diaryl/α,β-unsaturated/α-hetero) is 1. The summed E-state index contributed by atoms with van der Waals surface area (Å²) in [7, 11) is 1.71. The number of halogens is 3. The zero-order valence-electron chi connectivity index (χ0n) is 16.6. The first kappa shape index (κ1) is 24.1. The number of carbonyl (C=O) groups excluding carboxylic acids is 1. The number of ketones is 1. The first-order valence-electron chi connectivity index (χ1n) is 8.79. The van der Waals surface area contributed by atoms with Crippen LogP contribution in [0.5, 0.6) is 0 Å². The van der Waals surface area contributed by atoms with Crippen LogP contribution in [0.15, 0.2) is 36.5 Å². The quantitative estimate of drug-likeness (QED) is 0.516. The Bertz CT molecular complexity index is 993. The number of benzene rings is 1. The largest absolute Gasteiger partial charge is 0.416 e. The number of carbonyl (C=O) groups is 1. The van der Waals surface area contributed by atoms with Crippen molar-refractivity contribution in [3.63, 3.8) is 0 Å². The standard InChI is InChI=1S/C18H15F3N4O.C2H6.B/c1-10-12(7-14-17(24-10)25-16(22-2)9-23-14)8-15(26)11-4-3-5-13(6-11)18(19,20)21;1-2;/h3-7,9H,8H2,1-2H3,(H,22,24,25);1-2H3;. The minimum Gasteiger partial charge on any atom is -0.372 e. The molecule has 0 unspecified atom stereocenters. The molecule has 0 saturated carbocycles. The fraction of sp³-hybridized carbons (Fsp3) is 0.300. The first-order chi connectivity index (χ1) is 13.3. The zero-order chi connectivity index (χ0) is 20.9. The summed E-state index contributed by atoms with van der Waals surface area (Å²) in [5.74, 6) is 0.150. The molecule has 3 radical (unpaired) electrons. The van der Waals surface area contributed by atoms with Gasteiger partial charge in [-0.3, -0.25) is 4.79 Å². The van der Waals surface area contributed by atoms with Gasteiger partial charge < -0.3 is 5.32 Å². The third-order valence-corrected chi connectivity index (χ3v) is 3.95. The number of hydrogen-bond acceptors (Lipinski definition) is 5. The van der Waals surface area contributed by atoms with E-state index in [0.717, 1.165) is 12.1 Å². The fourth-order valence-corrected chi connectivity index (χ4v) is 2.52. The number of nitrogens with zero attached hydrogens (tertiary/aromatic N) is 3. The van der Waals surface area contributed by atoms with E-state index < -0.39 is 17.5 Å². The van der Waals surface area contributed by atoms with Crippen LogP contribution >= 0.6 is 0 Å². The normalized spacial score (nSPS) is 10.6. The number of pyridine rings is 1. The maximum atomic E-state index is 12.8. The van der Waals surface area contributed by atoms with Gasteiger partial charge in [0.25, 0.3) is 0 Å². The smallest absolute Gasteiger partial charge is 0.372 e. The van der Waals surface area contributed by atoms with Crippen molar-refractivity contribution >= 4 is 31.2 Å². The number of aromatic nitrogens is 3. The van der Waals surface area contributed by atoms with Crippen molar-refractivity contribution in [2.75, 3.05) is 12.4 Å². The van der Waals surface area contributed by atoms with E-state index in [2.05, 4.69) is 20.3 Å². The van der Waals surface area contributed by atoms with E-state index in [-0.39, 0.29) is 20.4 Å². The number of anilines is 1. The molecule has 0 aliphatic rings. The highest BCUT2D eigenvalue weighted by Crippen LogP contribution is 2.30. The van der Waals surface area contributed by atoms with Gasteiger partial charge in [0.2, 0.25) is 0 Å². The lowest BCUT2D eigenvalue weighted by atomic mass is 10.00. The summed E-state index contributed by atoms with van der Waals surface area (Å²) in [5.41, 5.74) is 1.30. The molecule has 9 heteroatoms. The molecule has 0 amide bonds. The van der Waals surface area contributed by atoms with Crippen molar-refractivity contribution in [2.24, 2.45) is 0 Å². The maximum Gasteiger partial charge on any atom is 0.416 e. The second-order valence-corrected chi connectivity index (χ2v) is 5.76. The van der Waals surface area contributed by atoms with E-state index >= 15 is 0 Å². The number of rotatable bonds is 4. The van der Waals surface area contributed by atoms with E-state index in [4.69, 9.17) is 0 Å². The van der Waals surface area contributed by atoms with Gasteiger partial charge in [-0.05, 0) is 30.7 Å². The van der Waals surface area contributed by atoms with Crippen LogP contribution in [-0.4, -0.2) is 36.2 Å². The van der Waals surface area contributed by atoms with Crippen LogP contribution in [0.2, 0.25) is 0 Å². The molecule has 2 aromatic heterocycles. The number of hydrogen-bond donors (Lipinski definition) is 1. The summed E-state index contributed by atoms with van der Waals surface area (Å²) in [4.78, 5) is 25.3. The third-order valence-electron chi connectivity index (χ3n) is 3.95. The van der Waals surface area contributed by atoms with Gasteiger partial charge in [0.05, 0.1) is 11.8 Å². The monoisotopic (exact) mass is 401 g/mol. The van der Waals surface area contributed by atoms with Crippen LogP contribution in [0.4, 0.5) is 19.0 Å². The van der Waals surface area contributed by atoms with E-state index in [1.54, 1.807) is 20.0 Å². The van der Waals surface area contributed by atoms with E-state index in [9.17, 15) is 18.0 Å². The third kappa shape index (κ3) is 5.76. The molecule has 29 heavy (non-hydrogen) atoms. The SMILES string of the molecule is CC.CNc1cnc2cc(CC(=O)c3cccc(C(F)(F)F)c3)c(C)nc2n1.[B]. The molecule has 1 N–H and O–H groups in total. The molecule has 2 heterocycles.